The molecule has 3 rings (SSSR count). The Balaban J connectivity index is 1.59. The summed E-state index contributed by atoms with van der Waals surface area (Å²) in [6.07, 6.45) is 2.06. The highest BCUT2D eigenvalue weighted by Crippen LogP contribution is 2.41. The number of hydrogen-bond acceptors (Lipinski definition) is 2. The number of benzene rings is 1. The van der Waals surface area contributed by atoms with E-state index in [1.54, 1.807) is 0 Å². The summed E-state index contributed by atoms with van der Waals surface area (Å²) >= 11 is 0. The number of amides is 1. The Morgan fingerprint density at radius 1 is 1.15 bits per heavy atom. The summed E-state index contributed by atoms with van der Waals surface area (Å²) in [5, 5.41) is 0. The number of carbonyl (C=O) groups excluding carboxylic acids is 1. The summed E-state index contributed by atoms with van der Waals surface area (Å²) in [4.78, 5) is 16.3. The normalized spacial score (nSPS) is 22.1. The lowest BCUT2D eigenvalue weighted by Crippen LogP contribution is -2.63. The maximum Gasteiger partial charge on any atom is 0.230 e. The summed E-state index contributed by atoms with van der Waals surface area (Å²) in [5.41, 5.74) is 4.11. The van der Waals surface area contributed by atoms with Crippen molar-refractivity contribution >= 4 is 5.91 Å². The molecular formula is C17H24N2O. The molecule has 2 aliphatic heterocycles. The van der Waals surface area contributed by atoms with Gasteiger partial charge < -0.3 is 4.90 Å². The fourth-order valence-corrected chi connectivity index (χ4v) is 3.58. The quantitative estimate of drug-likeness (QED) is 0.772. The second kappa shape index (κ2) is 4.88. The first-order valence-electron chi connectivity index (χ1n) is 7.54. The first kappa shape index (κ1) is 13.6. The van der Waals surface area contributed by atoms with Crippen LogP contribution < -0.4 is 0 Å². The lowest BCUT2D eigenvalue weighted by atomic mass is 9.71. The lowest BCUT2D eigenvalue weighted by Gasteiger charge is -2.51. The van der Waals surface area contributed by atoms with Gasteiger partial charge in [-0.3, -0.25) is 9.69 Å². The van der Waals surface area contributed by atoms with Crippen LogP contribution in [0.1, 0.15) is 29.5 Å². The van der Waals surface area contributed by atoms with Crippen molar-refractivity contribution in [2.75, 3.05) is 26.7 Å². The first-order valence-corrected chi connectivity index (χ1v) is 7.54. The molecular weight excluding hydrogens is 248 g/mol. The van der Waals surface area contributed by atoms with Gasteiger partial charge in [-0.25, -0.2) is 0 Å². The van der Waals surface area contributed by atoms with E-state index in [-0.39, 0.29) is 5.41 Å². The van der Waals surface area contributed by atoms with Crippen molar-refractivity contribution in [2.45, 2.75) is 33.2 Å². The van der Waals surface area contributed by atoms with Crippen LogP contribution in [0, 0.1) is 19.3 Å². The minimum absolute atomic E-state index is 0.00551. The van der Waals surface area contributed by atoms with Gasteiger partial charge in [0.2, 0.25) is 5.91 Å². The minimum Gasteiger partial charge on any atom is -0.344 e. The molecule has 108 valence electrons. The number of nitrogens with zero attached hydrogens (tertiary/aromatic N) is 2. The average Bonchev–Trinajstić information content (AvgIpc) is 2.45. The van der Waals surface area contributed by atoms with Crippen molar-refractivity contribution in [1.29, 1.82) is 0 Å². The third-order valence-electron chi connectivity index (χ3n) is 5.13. The van der Waals surface area contributed by atoms with Gasteiger partial charge in [0.1, 0.15) is 0 Å². The molecule has 1 aromatic carbocycles. The van der Waals surface area contributed by atoms with Crippen molar-refractivity contribution in [3.05, 3.63) is 34.9 Å². The number of hydrogen-bond donors (Lipinski definition) is 0. The highest BCUT2D eigenvalue weighted by Gasteiger charge is 2.51. The zero-order chi connectivity index (χ0) is 14.3. The Hall–Kier alpha value is -1.35. The topological polar surface area (TPSA) is 23.6 Å². The molecule has 0 aromatic heterocycles. The van der Waals surface area contributed by atoms with Gasteiger partial charge in [0.15, 0.2) is 0 Å². The Morgan fingerprint density at radius 2 is 1.85 bits per heavy atom. The van der Waals surface area contributed by atoms with E-state index in [0.717, 1.165) is 39.0 Å². The van der Waals surface area contributed by atoms with Crippen LogP contribution in [-0.4, -0.2) is 42.4 Å². The number of piperidine rings is 1. The fourth-order valence-electron chi connectivity index (χ4n) is 3.58. The van der Waals surface area contributed by atoms with Crippen LogP contribution in [0.15, 0.2) is 18.2 Å². The zero-order valence-corrected chi connectivity index (χ0v) is 12.8. The molecule has 0 atom stereocenters. The standard InChI is InChI=1S/C17H24N2O/c1-13-4-5-15(10-14(13)2)11-19-8-6-17(7-9-19)12-18(3)16(17)20/h4-5,10H,6-9,11-12H2,1-3H3. The van der Waals surface area contributed by atoms with Crippen LogP contribution in [-0.2, 0) is 11.3 Å². The SMILES string of the molecule is Cc1ccc(CN2CCC3(CC2)CN(C)C3=O)cc1C. The van der Waals surface area contributed by atoms with E-state index in [2.05, 4.69) is 36.9 Å². The molecule has 1 spiro atoms. The van der Waals surface area contributed by atoms with Crippen molar-refractivity contribution in [3.63, 3.8) is 0 Å². The fraction of sp³-hybridized carbons (Fsp3) is 0.588. The van der Waals surface area contributed by atoms with Crippen LogP contribution in [0.25, 0.3) is 0 Å². The monoisotopic (exact) mass is 272 g/mol. The smallest absolute Gasteiger partial charge is 0.230 e. The second-order valence-corrected chi connectivity index (χ2v) is 6.64. The van der Waals surface area contributed by atoms with Crippen LogP contribution in [0.5, 0.6) is 0 Å². The number of β-lactam (4-membered cyclic amide) rings is 1. The number of likely N-dealkylation sites (tertiary alicyclic amines) is 2. The van der Waals surface area contributed by atoms with Gasteiger partial charge in [-0.15, -0.1) is 0 Å². The summed E-state index contributed by atoms with van der Waals surface area (Å²) < 4.78 is 0. The van der Waals surface area contributed by atoms with Crippen molar-refractivity contribution in [1.82, 2.24) is 9.80 Å². The molecule has 3 heteroatoms. The van der Waals surface area contributed by atoms with E-state index in [4.69, 9.17) is 0 Å². The Bertz CT molecular complexity index is 530. The largest absolute Gasteiger partial charge is 0.344 e. The van der Waals surface area contributed by atoms with E-state index < -0.39 is 0 Å². The van der Waals surface area contributed by atoms with Crippen molar-refractivity contribution in [2.24, 2.45) is 5.41 Å². The molecule has 1 amide bonds. The number of carbonyl (C=O) groups is 1. The van der Waals surface area contributed by atoms with Gasteiger partial charge in [-0.1, -0.05) is 18.2 Å². The predicted molar refractivity (Wildman–Crippen MR) is 80.5 cm³/mol. The predicted octanol–water partition coefficient (Wildman–Crippen LogP) is 2.36. The van der Waals surface area contributed by atoms with Crippen LogP contribution in [0.4, 0.5) is 0 Å². The van der Waals surface area contributed by atoms with E-state index in [0.29, 0.717) is 5.91 Å². The third kappa shape index (κ3) is 2.24. The van der Waals surface area contributed by atoms with Crippen molar-refractivity contribution < 1.29 is 4.79 Å². The molecule has 0 saturated carbocycles. The molecule has 2 aliphatic rings. The number of aryl methyl sites for hydroxylation is 2. The summed E-state index contributed by atoms with van der Waals surface area (Å²) in [5.74, 6) is 0.364. The summed E-state index contributed by atoms with van der Waals surface area (Å²) in [7, 11) is 1.91. The average molecular weight is 272 g/mol. The summed E-state index contributed by atoms with van der Waals surface area (Å²) in [6.45, 7) is 8.40. The highest BCUT2D eigenvalue weighted by molar-refractivity contribution is 5.88. The van der Waals surface area contributed by atoms with E-state index in [9.17, 15) is 4.79 Å². The molecule has 2 heterocycles. The molecule has 0 bridgehead atoms. The maximum absolute atomic E-state index is 12.0. The molecule has 3 nitrogen and oxygen atoms in total. The summed E-state index contributed by atoms with van der Waals surface area (Å²) in [6, 6.07) is 6.73. The van der Waals surface area contributed by atoms with Crippen LogP contribution in [0.3, 0.4) is 0 Å². The molecule has 0 radical (unpaired) electrons. The lowest BCUT2D eigenvalue weighted by molar-refractivity contribution is -0.162. The number of rotatable bonds is 2. The Kier molecular flexibility index (Phi) is 3.33. The minimum atomic E-state index is -0.00551. The maximum atomic E-state index is 12.0. The van der Waals surface area contributed by atoms with Gasteiger partial charge in [-0.2, -0.15) is 0 Å². The molecule has 1 aromatic rings. The van der Waals surface area contributed by atoms with Gasteiger partial charge >= 0.3 is 0 Å². The zero-order valence-electron chi connectivity index (χ0n) is 12.8. The van der Waals surface area contributed by atoms with Gasteiger partial charge in [0, 0.05) is 20.1 Å². The first-order chi connectivity index (χ1) is 9.50. The van der Waals surface area contributed by atoms with E-state index in [1.165, 1.54) is 16.7 Å². The molecule has 2 fully saturated rings. The van der Waals surface area contributed by atoms with Crippen molar-refractivity contribution in [3.8, 4) is 0 Å². The van der Waals surface area contributed by atoms with Gasteiger partial charge in [-0.05, 0) is 56.5 Å². The van der Waals surface area contributed by atoms with Gasteiger partial charge in [0.05, 0.1) is 5.41 Å². The van der Waals surface area contributed by atoms with Crippen LogP contribution >= 0.6 is 0 Å². The molecule has 20 heavy (non-hydrogen) atoms. The van der Waals surface area contributed by atoms with E-state index in [1.807, 2.05) is 11.9 Å². The molecule has 0 unspecified atom stereocenters. The third-order valence-corrected chi connectivity index (χ3v) is 5.13. The molecule has 0 aliphatic carbocycles. The highest BCUT2D eigenvalue weighted by atomic mass is 16.2. The van der Waals surface area contributed by atoms with Crippen LogP contribution in [0.2, 0.25) is 0 Å². The Labute approximate surface area is 121 Å². The molecule has 2 saturated heterocycles. The van der Waals surface area contributed by atoms with E-state index >= 15 is 0 Å². The van der Waals surface area contributed by atoms with Gasteiger partial charge in [0.25, 0.3) is 0 Å². The Morgan fingerprint density at radius 3 is 2.40 bits per heavy atom. The molecule has 0 N–H and O–H groups in total. The second-order valence-electron chi connectivity index (χ2n) is 6.64.